The predicted octanol–water partition coefficient (Wildman–Crippen LogP) is 8.18. The van der Waals surface area contributed by atoms with E-state index in [0.29, 0.717) is 23.8 Å². The van der Waals surface area contributed by atoms with Gasteiger partial charge in [-0.15, -0.1) is 0 Å². The molecule has 0 N–H and O–H groups in total. The summed E-state index contributed by atoms with van der Waals surface area (Å²) >= 11 is 5.57. The van der Waals surface area contributed by atoms with Crippen molar-refractivity contribution in [2.24, 2.45) is 0 Å². The van der Waals surface area contributed by atoms with Gasteiger partial charge in [-0.2, -0.15) is 35.1 Å². The first-order valence-corrected chi connectivity index (χ1v) is 11.0. The molecule has 0 atom stereocenters. The van der Waals surface area contributed by atoms with E-state index >= 15 is 0 Å². The Bertz CT molecular complexity index is 1290. The highest BCUT2D eigenvalue weighted by Crippen LogP contribution is 2.43. The first-order valence-electron chi connectivity index (χ1n) is 10.6. The zero-order valence-corrected chi connectivity index (χ0v) is 19.7. The molecule has 0 heterocycles. The molecular weight excluding hydrogens is 556 g/mol. The number of nitrogens with zero attached hydrogens (tertiary/aromatic N) is 1. The first-order chi connectivity index (χ1) is 17.5. The molecule has 38 heavy (non-hydrogen) atoms. The number of hydrogen-bond acceptors (Lipinski definition) is 1. The molecule has 0 fully saturated rings. The zero-order chi connectivity index (χ0) is 28.5. The summed E-state index contributed by atoms with van der Waals surface area (Å²) < 4.78 is 133. The predicted molar refractivity (Wildman–Crippen MR) is 118 cm³/mol. The van der Waals surface area contributed by atoms with Gasteiger partial charge in [-0.25, -0.2) is 8.78 Å². The van der Waals surface area contributed by atoms with E-state index in [-0.39, 0.29) is 24.6 Å². The lowest BCUT2D eigenvalue weighted by molar-refractivity contribution is -0.289. The van der Waals surface area contributed by atoms with Gasteiger partial charge in [0.25, 0.3) is 5.91 Å². The maximum Gasteiger partial charge on any atom is 0.458 e. The summed E-state index contributed by atoms with van der Waals surface area (Å²) in [5.74, 6) is -8.39. The highest BCUT2D eigenvalue weighted by Gasteiger charge is 2.58. The molecule has 0 aromatic heterocycles. The number of alkyl halides is 8. The van der Waals surface area contributed by atoms with E-state index in [1.54, 1.807) is 0 Å². The lowest BCUT2D eigenvalue weighted by Gasteiger charge is -2.25. The summed E-state index contributed by atoms with van der Waals surface area (Å²) in [7, 11) is 0. The molecule has 0 saturated carbocycles. The molecular formula is C25H16ClF10NO. The molecule has 0 bridgehead atoms. The Kier molecular flexibility index (Phi) is 8.35. The minimum Gasteiger partial charge on any atom is -0.334 e. The fourth-order valence-electron chi connectivity index (χ4n) is 3.45. The summed E-state index contributed by atoms with van der Waals surface area (Å²) in [6, 6.07) is 8.28. The normalized spacial score (nSPS) is 12.5. The van der Waals surface area contributed by atoms with Gasteiger partial charge in [0.15, 0.2) is 5.82 Å². The zero-order valence-electron chi connectivity index (χ0n) is 18.9. The van der Waals surface area contributed by atoms with Crippen molar-refractivity contribution in [1.29, 1.82) is 0 Å². The maximum atomic E-state index is 14.6. The van der Waals surface area contributed by atoms with Crippen LogP contribution in [-0.4, -0.2) is 23.5 Å². The average Bonchev–Trinajstić information content (AvgIpc) is 2.83. The van der Waals surface area contributed by atoms with Crippen LogP contribution in [0.25, 0.3) is 0 Å². The van der Waals surface area contributed by atoms with Gasteiger partial charge < -0.3 is 4.90 Å². The van der Waals surface area contributed by atoms with E-state index in [9.17, 15) is 48.7 Å². The van der Waals surface area contributed by atoms with Gasteiger partial charge >= 0.3 is 18.3 Å². The highest BCUT2D eigenvalue weighted by atomic mass is 35.5. The van der Waals surface area contributed by atoms with E-state index in [0.717, 1.165) is 29.2 Å². The molecule has 0 spiro atoms. The van der Waals surface area contributed by atoms with Crippen molar-refractivity contribution in [2.45, 2.75) is 31.2 Å². The SMILES string of the molecule is O=C(c1cc(C(F)(F)F)cc(Cl)c1F)N(CCc1ccc(F)cc1)Cc1ccc(C(F)(F)C(F)(F)F)cc1. The molecule has 3 aromatic rings. The third kappa shape index (κ3) is 6.58. The fraction of sp³-hybridized carbons (Fsp3) is 0.240. The topological polar surface area (TPSA) is 20.3 Å². The van der Waals surface area contributed by atoms with Gasteiger partial charge in [0.1, 0.15) is 5.82 Å². The van der Waals surface area contributed by atoms with Crippen LogP contribution in [-0.2, 0) is 25.1 Å². The van der Waals surface area contributed by atoms with Crippen molar-refractivity contribution in [2.75, 3.05) is 6.54 Å². The van der Waals surface area contributed by atoms with Gasteiger partial charge in [0.2, 0.25) is 0 Å². The monoisotopic (exact) mass is 571 g/mol. The largest absolute Gasteiger partial charge is 0.458 e. The van der Waals surface area contributed by atoms with Crippen molar-refractivity contribution in [3.05, 3.63) is 105 Å². The van der Waals surface area contributed by atoms with E-state index < -0.39 is 64.1 Å². The number of carbonyl (C=O) groups is 1. The van der Waals surface area contributed by atoms with E-state index in [1.165, 1.54) is 12.1 Å². The van der Waals surface area contributed by atoms with E-state index in [1.807, 2.05) is 0 Å². The number of hydrogen-bond donors (Lipinski definition) is 0. The van der Waals surface area contributed by atoms with Crippen LogP contribution < -0.4 is 0 Å². The van der Waals surface area contributed by atoms with Gasteiger partial charge in [0, 0.05) is 18.7 Å². The Hall–Kier alpha value is -3.28. The minimum atomic E-state index is -5.86. The summed E-state index contributed by atoms with van der Waals surface area (Å²) in [5, 5.41) is -0.972. The average molecular weight is 572 g/mol. The van der Waals surface area contributed by atoms with Crippen LogP contribution in [0.3, 0.4) is 0 Å². The molecule has 3 aromatic carbocycles. The van der Waals surface area contributed by atoms with E-state index in [4.69, 9.17) is 11.6 Å². The Morgan fingerprint density at radius 3 is 1.84 bits per heavy atom. The number of benzene rings is 3. The Balaban J connectivity index is 1.96. The molecule has 0 aliphatic heterocycles. The smallest absolute Gasteiger partial charge is 0.334 e. The van der Waals surface area contributed by atoms with Crippen molar-refractivity contribution in [1.82, 2.24) is 4.90 Å². The fourth-order valence-corrected chi connectivity index (χ4v) is 3.67. The Morgan fingerprint density at radius 2 is 1.32 bits per heavy atom. The van der Waals surface area contributed by atoms with Crippen LogP contribution in [0.4, 0.5) is 43.9 Å². The van der Waals surface area contributed by atoms with Crippen molar-refractivity contribution < 1.29 is 48.7 Å². The van der Waals surface area contributed by atoms with Crippen molar-refractivity contribution in [3.8, 4) is 0 Å². The molecule has 0 unspecified atom stereocenters. The van der Waals surface area contributed by atoms with Gasteiger partial charge in [-0.05, 0) is 41.8 Å². The second-order valence-corrected chi connectivity index (χ2v) is 8.60. The van der Waals surface area contributed by atoms with Crippen LogP contribution >= 0.6 is 11.6 Å². The second-order valence-electron chi connectivity index (χ2n) is 8.19. The standard InChI is InChI=1S/C25H16ClF10NO/c26-20-12-17(24(31,32)33)11-19(21(20)28)22(38)37(10-9-14-3-7-18(27)8-4-14)13-15-1-5-16(6-2-15)23(29,30)25(34,35)36/h1-8,11-12H,9-10,13H2. The molecule has 2 nitrogen and oxygen atoms in total. The van der Waals surface area contributed by atoms with Crippen LogP contribution in [0, 0.1) is 11.6 Å². The van der Waals surface area contributed by atoms with Gasteiger partial charge in [-0.3, -0.25) is 4.79 Å². The van der Waals surface area contributed by atoms with E-state index in [2.05, 4.69) is 0 Å². The maximum absolute atomic E-state index is 14.6. The van der Waals surface area contributed by atoms with Crippen molar-refractivity contribution in [3.63, 3.8) is 0 Å². The lowest BCUT2D eigenvalue weighted by Crippen LogP contribution is -2.34. The molecule has 0 radical (unpaired) electrons. The van der Waals surface area contributed by atoms with Crippen LogP contribution in [0.1, 0.15) is 32.6 Å². The van der Waals surface area contributed by atoms with Crippen LogP contribution in [0.15, 0.2) is 60.7 Å². The van der Waals surface area contributed by atoms with Crippen LogP contribution in [0.5, 0.6) is 0 Å². The number of halogens is 11. The first kappa shape index (κ1) is 29.3. The summed E-state index contributed by atoms with van der Waals surface area (Å²) in [6.07, 6.45) is -10.8. The van der Waals surface area contributed by atoms with Gasteiger partial charge in [0.05, 0.1) is 16.1 Å². The number of amides is 1. The number of carbonyl (C=O) groups excluding carboxylic acids is 1. The molecule has 1 amide bonds. The molecule has 0 aliphatic rings. The Labute approximate surface area is 214 Å². The molecule has 13 heteroatoms. The summed E-state index contributed by atoms with van der Waals surface area (Å²) in [4.78, 5) is 14.0. The lowest BCUT2D eigenvalue weighted by atomic mass is 10.0. The summed E-state index contributed by atoms with van der Waals surface area (Å²) in [5.41, 5.74) is -3.27. The molecule has 3 rings (SSSR count). The third-order valence-corrected chi connectivity index (χ3v) is 5.78. The molecule has 0 aliphatic carbocycles. The second kappa shape index (κ2) is 10.8. The molecule has 0 saturated heterocycles. The van der Waals surface area contributed by atoms with Crippen molar-refractivity contribution >= 4 is 17.5 Å². The Morgan fingerprint density at radius 1 is 0.763 bits per heavy atom. The quantitative estimate of drug-likeness (QED) is 0.262. The summed E-state index contributed by atoms with van der Waals surface area (Å²) in [6.45, 7) is -0.760. The third-order valence-electron chi connectivity index (χ3n) is 5.50. The van der Waals surface area contributed by atoms with Gasteiger partial charge in [-0.1, -0.05) is 48.0 Å². The van der Waals surface area contributed by atoms with Crippen LogP contribution in [0.2, 0.25) is 5.02 Å². The minimum absolute atomic E-state index is 0.0184. The number of rotatable bonds is 7. The molecule has 204 valence electrons. The highest BCUT2D eigenvalue weighted by molar-refractivity contribution is 6.31.